The summed E-state index contributed by atoms with van der Waals surface area (Å²) in [5.41, 5.74) is 2.48. The van der Waals surface area contributed by atoms with Gasteiger partial charge in [0.25, 0.3) is 0 Å². The first kappa shape index (κ1) is 7.53. The molecule has 0 amide bonds. The van der Waals surface area contributed by atoms with Crippen molar-refractivity contribution < 1.29 is 4.74 Å². The fraction of sp³-hybridized carbons (Fsp3) is 0.667. The summed E-state index contributed by atoms with van der Waals surface area (Å²) in [5, 5.41) is 3.53. The number of ether oxygens (including phenoxy) is 1. The molecule has 1 aromatic heterocycles. The molecule has 3 heterocycles. The highest BCUT2D eigenvalue weighted by Crippen LogP contribution is 2.33. The van der Waals surface area contributed by atoms with Gasteiger partial charge in [-0.3, -0.25) is 0 Å². The zero-order valence-corrected chi connectivity index (χ0v) is 7.47. The van der Waals surface area contributed by atoms with E-state index in [-0.39, 0.29) is 5.54 Å². The molecule has 0 unspecified atom stereocenters. The molecule has 1 fully saturated rings. The van der Waals surface area contributed by atoms with Crippen molar-refractivity contribution in [3.8, 4) is 0 Å². The highest BCUT2D eigenvalue weighted by molar-refractivity contribution is 5.26. The van der Waals surface area contributed by atoms with Crippen molar-refractivity contribution in [1.82, 2.24) is 15.3 Å². The first-order valence-corrected chi connectivity index (χ1v) is 4.76. The Kier molecular flexibility index (Phi) is 1.48. The molecule has 70 valence electrons. The van der Waals surface area contributed by atoms with E-state index in [0.29, 0.717) is 0 Å². The van der Waals surface area contributed by atoms with Gasteiger partial charge in [0.15, 0.2) is 0 Å². The molecule has 1 saturated heterocycles. The number of nitrogens with one attached hydrogen (secondary N) is 2. The maximum Gasteiger partial charge on any atom is 0.0926 e. The normalized spacial score (nSPS) is 32.3. The molecule has 1 atom stereocenters. The Morgan fingerprint density at radius 1 is 1.54 bits per heavy atom. The van der Waals surface area contributed by atoms with E-state index in [1.807, 2.05) is 0 Å². The van der Waals surface area contributed by atoms with Gasteiger partial charge in [0.05, 0.1) is 24.2 Å². The fourth-order valence-corrected chi connectivity index (χ4v) is 2.33. The Bertz CT molecular complexity index is 314. The predicted octanol–water partition coefficient (Wildman–Crippen LogP) is 0.171. The van der Waals surface area contributed by atoms with E-state index in [2.05, 4.69) is 15.3 Å². The Hall–Kier alpha value is -0.870. The first-order valence-electron chi connectivity index (χ1n) is 4.76. The molecule has 0 radical (unpaired) electrons. The van der Waals surface area contributed by atoms with Gasteiger partial charge in [-0.05, 0) is 6.42 Å². The SMILES string of the molecule is c1nc2c([nH]1)CCN[C@@]21CCOC1. The van der Waals surface area contributed by atoms with Crippen molar-refractivity contribution in [2.24, 2.45) is 0 Å². The van der Waals surface area contributed by atoms with Crippen LogP contribution in [0.1, 0.15) is 17.8 Å². The number of rotatable bonds is 0. The van der Waals surface area contributed by atoms with E-state index in [0.717, 1.165) is 32.6 Å². The molecule has 0 aliphatic carbocycles. The fourth-order valence-electron chi connectivity index (χ4n) is 2.33. The number of hydrogen-bond donors (Lipinski definition) is 2. The molecule has 0 aromatic carbocycles. The molecule has 3 rings (SSSR count). The van der Waals surface area contributed by atoms with Gasteiger partial charge in [0.2, 0.25) is 0 Å². The molecule has 1 aromatic rings. The third-order valence-corrected chi connectivity index (χ3v) is 3.03. The summed E-state index contributed by atoms with van der Waals surface area (Å²) in [6, 6.07) is 0. The average molecular weight is 179 g/mol. The Labute approximate surface area is 76.7 Å². The van der Waals surface area contributed by atoms with Crippen molar-refractivity contribution in [2.45, 2.75) is 18.4 Å². The second-order valence-corrected chi connectivity index (χ2v) is 3.79. The predicted molar refractivity (Wildman–Crippen MR) is 47.4 cm³/mol. The monoisotopic (exact) mass is 179 g/mol. The number of aromatic amines is 1. The van der Waals surface area contributed by atoms with Crippen LogP contribution >= 0.6 is 0 Å². The minimum absolute atomic E-state index is 0.0214. The summed E-state index contributed by atoms with van der Waals surface area (Å²) in [6.45, 7) is 2.64. The van der Waals surface area contributed by atoms with Crippen LogP contribution in [0.15, 0.2) is 6.33 Å². The van der Waals surface area contributed by atoms with Crippen LogP contribution < -0.4 is 5.32 Å². The van der Waals surface area contributed by atoms with Crippen molar-refractivity contribution in [3.05, 3.63) is 17.7 Å². The minimum atomic E-state index is 0.0214. The number of H-pyrrole nitrogens is 1. The third kappa shape index (κ3) is 0.957. The van der Waals surface area contributed by atoms with Gasteiger partial charge in [-0.2, -0.15) is 0 Å². The van der Waals surface area contributed by atoms with E-state index < -0.39 is 0 Å². The highest BCUT2D eigenvalue weighted by Gasteiger charge is 2.41. The van der Waals surface area contributed by atoms with E-state index in [1.54, 1.807) is 6.33 Å². The lowest BCUT2D eigenvalue weighted by Gasteiger charge is -2.32. The summed E-state index contributed by atoms with van der Waals surface area (Å²) < 4.78 is 5.45. The lowest BCUT2D eigenvalue weighted by atomic mass is 9.89. The van der Waals surface area contributed by atoms with Gasteiger partial charge in [0, 0.05) is 25.3 Å². The van der Waals surface area contributed by atoms with Crippen LogP contribution in [0.5, 0.6) is 0 Å². The van der Waals surface area contributed by atoms with Crippen LogP contribution in [0.4, 0.5) is 0 Å². The molecular weight excluding hydrogens is 166 g/mol. The maximum absolute atomic E-state index is 5.45. The van der Waals surface area contributed by atoms with E-state index in [4.69, 9.17) is 4.74 Å². The minimum Gasteiger partial charge on any atom is -0.379 e. The van der Waals surface area contributed by atoms with E-state index in [9.17, 15) is 0 Å². The van der Waals surface area contributed by atoms with Crippen LogP contribution in [-0.2, 0) is 16.7 Å². The summed E-state index contributed by atoms with van der Waals surface area (Å²) in [7, 11) is 0. The standard InChI is InChI=1S/C9H13N3O/c1-3-12-9(2-4-13-5-9)8-7(1)10-6-11-8/h6,12H,1-5H2,(H,10,11)/t9-/m1/s1. The molecule has 2 N–H and O–H groups in total. The summed E-state index contributed by atoms with van der Waals surface area (Å²) in [6.07, 6.45) is 3.89. The number of fused-ring (bicyclic) bond motifs is 2. The second-order valence-electron chi connectivity index (χ2n) is 3.79. The molecular formula is C9H13N3O. The van der Waals surface area contributed by atoms with Crippen LogP contribution in [-0.4, -0.2) is 29.7 Å². The van der Waals surface area contributed by atoms with Gasteiger partial charge in [-0.15, -0.1) is 0 Å². The lowest BCUT2D eigenvalue weighted by Crippen LogP contribution is -2.48. The Balaban J connectivity index is 2.08. The van der Waals surface area contributed by atoms with Crippen LogP contribution in [0, 0.1) is 0 Å². The molecule has 13 heavy (non-hydrogen) atoms. The quantitative estimate of drug-likeness (QED) is 0.597. The topological polar surface area (TPSA) is 49.9 Å². The largest absolute Gasteiger partial charge is 0.379 e. The van der Waals surface area contributed by atoms with Gasteiger partial charge >= 0.3 is 0 Å². The highest BCUT2D eigenvalue weighted by atomic mass is 16.5. The summed E-state index contributed by atoms with van der Waals surface area (Å²) >= 11 is 0. The van der Waals surface area contributed by atoms with Crippen molar-refractivity contribution >= 4 is 0 Å². The first-order chi connectivity index (χ1) is 6.41. The van der Waals surface area contributed by atoms with Crippen molar-refractivity contribution in [3.63, 3.8) is 0 Å². The third-order valence-electron chi connectivity index (χ3n) is 3.03. The lowest BCUT2D eigenvalue weighted by molar-refractivity contribution is 0.162. The van der Waals surface area contributed by atoms with Crippen molar-refractivity contribution in [1.29, 1.82) is 0 Å². The number of aromatic nitrogens is 2. The average Bonchev–Trinajstić information content (AvgIpc) is 2.74. The molecule has 0 saturated carbocycles. The molecule has 4 heteroatoms. The number of nitrogens with zero attached hydrogens (tertiary/aromatic N) is 1. The van der Waals surface area contributed by atoms with Gasteiger partial charge in [-0.1, -0.05) is 0 Å². The van der Waals surface area contributed by atoms with Crippen molar-refractivity contribution in [2.75, 3.05) is 19.8 Å². The van der Waals surface area contributed by atoms with Crippen LogP contribution in [0.2, 0.25) is 0 Å². The zero-order valence-electron chi connectivity index (χ0n) is 7.47. The second kappa shape index (κ2) is 2.56. The van der Waals surface area contributed by atoms with E-state index >= 15 is 0 Å². The molecule has 4 nitrogen and oxygen atoms in total. The van der Waals surface area contributed by atoms with Crippen LogP contribution in [0.3, 0.4) is 0 Å². The molecule has 1 spiro atoms. The molecule has 2 aliphatic heterocycles. The zero-order chi connectivity index (χ0) is 8.73. The number of imidazole rings is 1. The summed E-state index contributed by atoms with van der Waals surface area (Å²) in [4.78, 5) is 7.60. The maximum atomic E-state index is 5.45. The Morgan fingerprint density at radius 3 is 3.38 bits per heavy atom. The number of hydrogen-bond acceptors (Lipinski definition) is 3. The van der Waals surface area contributed by atoms with E-state index in [1.165, 1.54) is 11.4 Å². The van der Waals surface area contributed by atoms with Gasteiger partial charge in [-0.25, -0.2) is 4.98 Å². The smallest absolute Gasteiger partial charge is 0.0926 e. The summed E-state index contributed by atoms with van der Waals surface area (Å²) in [5.74, 6) is 0. The molecule has 0 bridgehead atoms. The van der Waals surface area contributed by atoms with Gasteiger partial charge < -0.3 is 15.0 Å². The van der Waals surface area contributed by atoms with Gasteiger partial charge in [0.1, 0.15) is 0 Å². The Morgan fingerprint density at radius 2 is 2.54 bits per heavy atom. The van der Waals surface area contributed by atoms with Crippen LogP contribution in [0.25, 0.3) is 0 Å². The molecule has 2 aliphatic rings.